The molecule has 1 amide bonds. The molecule has 198 valence electrons. The van der Waals surface area contributed by atoms with E-state index in [-0.39, 0.29) is 24.6 Å². The summed E-state index contributed by atoms with van der Waals surface area (Å²) in [6, 6.07) is 7.64. The Balaban J connectivity index is 1.14. The summed E-state index contributed by atoms with van der Waals surface area (Å²) in [5, 5.41) is 3.85. The van der Waals surface area contributed by atoms with E-state index in [1.54, 1.807) is 11.1 Å². The number of hydrogen-bond acceptors (Lipinski definition) is 5. The van der Waals surface area contributed by atoms with E-state index in [2.05, 4.69) is 15.3 Å². The molecule has 37 heavy (non-hydrogen) atoms. The normalized spacial score (nSPS) is 31.7. The van der Waals surface area contributed by atoms with E-state index in [4.69, 9.17) is 4.74 Å². The summed E-state index contributed by atoms with van der Waals surface area (Å²) in [4.78, 5) is 24.3. The molecular formula is C28H33F3N4O2. The highest BCUT2D eigenvalue weighted by Gasteiger charge is 2.56. The standard InChI is InChI=1S/C28H33F3N4O2/c29-28(30,31)20-12-18-17-35(10-6-23(18)33-16-20)26(36)27-8-3-4-19(27)13-22(15-27)34-21-7-11-37-25(14-21)24-5-1-2-9-32-24/h1-2,5,9,12,16,19,21-22,25,34H,3-4,6-8,10-11,13-15,17H2/t19-,21+,22-,25-,27-/m1/s1. The predicted molar refractivity (Wildman–Crippen MR) is 130 cm³/mol. The number of aromatic nitrogens is 2. The lowest BCUT2D eigenvalue weighted by Gasteiger charge is -2.37. The number of amides is 1. The van der Waals surface area contributed by atoms with Crippen LogP contribution in [0.4, 0.5) is 13.2 Å². The molecule has 2 aromatic rings. The minimum atomic E-state index is -4.44. The van der Waals surface area contributed by atoms with Crippen molar-refractivity contribution in [3.63, 3.8) is 0 Å². The Morgan fingerprint density at radius 1 is 1.16 bits per heavy atom. The summed E-state index contributed by atoms with van der Waals surface area (Å²) in [5.41, 5.74) is 0.998. The molecule has 2 aliphatic carbocycles. The second kappa shape index (κ2) is 9.66. The first-order valence-electron chi connectivity index (χ1n) is 13.4. The number of nitrogens with one attached hydrogen (secondary N) is 1. The Bertz CT molecular complexity index is 1140. The van der Waals surface area contributed by atoms with Crippen LogP contribution in [-0.2, 0) is 28.7 Å². The summed E-state index contributed by atoms with van der Waals surface area (Å²) in [6.07, 6.45) is 5.24. The van der Waals surface area contributed by atoms with Gasteiger partial charge in [0.25, 0.3) is 0 Å². The Hall–Kier alpha value is -2.52. The van der Waals surface area contributed by atoms with Crippen molar-refractivity contribution in [3.8, 4) is 0 Å². The second-order valence-electron chi connectivity index (χ2n) is 11.2. The van der Waals surface area contributed by atoms with Gasteiger partial charge < -0.3 is 15.0 Å². The largest absolute Gasteiger partial charge is 0.417 e. The van der Waals surface area contributed by atoms with E-state index in [0.717, 1.165) is 56.8 Å². The third kappa shape index (κ3) is 4.76. The molecule has 0 spiro atoms. The third-order valence-corrected chi connectivity index (χ3v) is 8.99. The van der Waals surface area contributed by atoms with Crippen molar-refractivity contribution in [3.05, 3.63) is 59.2 Å². The van der Waals surface area contributed by atoms with Crippen LogP contribution < -0.4 is 5.32 Å². The van der Waals surface area contributed by atoms with Crippen molar-refractivity contribution in [2.45, 2.75) is 82.3 Å². The number of pyridine rings is 2. The van der Waals surface area contributed by atoms with Crippen molar-refractivity contribution < 1.29 is 22.7 Å². The van der Waals surface area contributed by atoms with Crippen LogP contribution in [0.5, 0.6) is 0 Å². The van der Waals surface area contributed by atoms with Crippen molar-refractivity contribution in [2.24, 2.45) is 11.3 Å². The quantitative estimate of drug-likeness (QED) is 0.633. The van der Waals surface area contributed by atoms with Crippen LogP contribution in [0.15, 0.2) is 36.7 Å². The molecule has 1 saturated heterocycles. The molecule has 2 aromatic heterocycles. The molecule has 4 aliphatic rings. The lowest BCUT2D eigenvalue weighted by molar-refractivity contribution is -0.144. The number of alkyl halides is 3. The molecule has 2 saturated carbocycles. The number of nitrogens with zero attached hydrogens (tertiary/aromatic N) is 3. The van der Waals surface area contributed by atoms with Crippen LogP contribution in [0.2, 0.25) is 0 Å². The highest BCUT2D eigenvalue weighted by Crippen LogP contribution is 2.55. The maximum Gasteiger partial charge on any atom is 0.417 e. The fourth-order valence-corrected chi connectivity index (χ4v) is 7.24. The van der Waals surface area contributed by atoms with Crippen LogP contribution in [-0.4, -0.2) is 46.0 Å². The minimum Gasteiger partial charge on any atom is -0.372 e. The van der Waals surface area contributed by atoms with Gasteiger partial charge >= 0.3 is 6.18 Å². The number of carbonyl (C=O) groups excluding carboxylic acids is 1. The fourth-order valence-electron chi connectivity index (χ4n) is 7.24. The van der Waals surface area contributed by atoms with E-state index in [9.17, 15) is 18.0 Å². The van der Waals surface area contributed by atoms with Gasteiger partial charge in [-0.05, 0) is 68.2 Å². The Morgan fingerprint density at radius 3 is 2.86 bits per heavy atom. The van der Waals surface area contributed by atoms with Crippen molar-refractivity contribution in [1.82, 2.24) is 20.2 Å². The summed E-state index contributed by atoms with van der Waals surface area (Å²) in [7, 11) is 0. The molecule has 0 radical (unpaired) electrons. The smallest absolute Gasteiger partial charge is 0.372 e. The Morgan fingerprint density at radius 2 is 2.05 bits per heavy atom. The zero-order chi connectivity index (χ0) is 25.6. The highest BCUT2D eigenvalue weighted by atomic mass is 19.4. The SMILES string of the molecule is O=C(N1CCc2ncc(C(F)(F)F)cc2C1)[C@@]12CCC[C@@H]1C[C@@H](N[C@H]1CCO[C@@H](c3ccccn3)C1)C2. The van der Waals surface area contributed by atoms with Gasteiger partial charge in [-0.25, -0.2) is 0 Å². The van der Waals surface area contributed by atoms with E-state index in [1.807, 2.05) is 18.2 Å². The van der Waals surface area contributed by atoms with Gasteiger partial charge in [-0.15, -0.1) is 0 Å². The van der Waals surface area contributed by atoms with E-state index < -0.39 is 17.2 Å². The van der Waals surface area contributed by atoms with Crippen molar-refractivity contribution in [1.29, 1.82) is 0 Å². The number of fused-ring (bicyclic) bond motifs is 2. The van der Waals surface area contributed by atoms with Crippen LogP contribution >= 0.6 is 0 Å². The average molecular weight is 515 g/mol. The third-order valence-electron chi connectivity index (χ3n) is 8.99. The molecule has 6 nitrogen and oxygen atoms in total. The Kier molecular flexibility index (Phi) is 6.47. The first kappa shape index (κ1) is 24.8. The van der Waals surface area contributed by atoms with Gasteiger partial charge in [0.1, 0.15) is 6.10 Å². The van der Waals surface area contributed by atoms with Gasteiger partial charge in [-0.1, -0.05) is 12.5 Å². The second-order valence-corrected chi connectivity index (χ2v) is 11.2. The van der Waals surface area contributed by atoms with Gasteiger partial charge in [0.2, 0.25) is 5.91 Å². The van der Waals surface area contributed by atoms with E-state index in [1.165, 1.54) is 6.07 Å². The topological polar surface area (TPSA) is 67.4 Å². The number of ether oxygens (including phenoxy) is 1. The number of halogens is 3. The zero-order valence-electron chi connectivity index (χ0n) is 20.8. The fraction of sp³-hybridized carbons (Fsp3) is 0.607. The summed E-state index contributed by atoms with van der Waals surface area (Å²) >= 11 is 0. The highest BCUT2D eigenvalue weighted by molar-refractivity contribution is 5.84. The lowest BCUT2D eigenvalue weighted by atomic mass is 9.78. The zero-order valence-corrected chi connectivity index (χ0v) is 20.8. The number of rotatable bonds is 4. The van der Waals surface area contributed by atoms with Crippen LogP contribution in [0, 0.1) is 11.3 Å². The van der Waals surface area contributed by atoms with Crippen molar-refractivity contribution in [2.75, 3.05) is 13.2 Å². The maximum atomic E-state index is 14.0. The summed E-state index contributed by atoms with van der Waals surface area (Å²) in [5.74, 6) is 0.450. The molecule has 6 rings (SSSR count). The molecule has 1 N–H and O–H groups in total. The van der Waals surface area contributed by atoms with Gasteiger partial charge in [0.05, 0.1) is 16.7 Å². The molecular weight excluding hydrogens is 481 g/mol. The first-order valence-corrected chi connectivity index (χ1v) is 13.4. The maximum absolute atomic E-state index is 14.0. The molecule has 0 aromatic carbocycles. The average Bonchev–Trinajstić information content (AvgIpc) is 3.46. The predicted octanol–water partition coefficient (Wildman–Crippen LogP) is 4.84. The van der Waals surface area contributed by atoms with Crippen molar-refractivity contribution >= 4 is 5.91 Å². The summed E-state index contributed by atoms with van der Waals surface area (Å²) in [6.45, 7) is 1.41. The van der Waals surface area contributed by atoms with Gasteiger partial charge in [-0.3, -0.25) is 14.8 Å². The molecule has 5 atom stereocenters. The molecule has 0 bridgehead atoms. The van der Waals surface area contributed by atoms with Crippen LogP contribution in [0.1, 0.15) is 73.6 Å². The van der Waals surface area contributed by atoms with Gasteiger partial charge in [0.15, 0.2) is 0 Å². The molecule has 2 aliphatic heterocycles. The van der Waals surface area contributed by atoms with E-state index in [0.29, 0.717) is 42.8 Å². The van der Waals surface area contributed by atoms with Gasteiger partial charge in [0, 0.05) is 56.3 Å². The lowest BCUT2D eigenvalue weighted by Crippen LogP contribution is -2.47. The van der Waals surface area contributed by atoms with E-state index >= 15 is 0 Å². The minimum absolute atomic E-state index is 0.0208. The molecule has 3 fully saturated rings. The first-order chi connectivity index (χ1) is 17.8. The Labute approximate surface area is 215 Å². The van der Waals surface area contributed by atoms with Gasteiger partial charge in [-0.2, -0.15) is 13.2 Å². The molecule has 0 unspecified atom stereocenters. The molecule has 9 heteroatoms. The number of hydrogen-bond donors (Lipinski definition) is 1. The monoisotopic (exact) mass is 514 g/mol. The summed E-state index contributed by atoms with van der Waals surface area (Å²) < 4.78 is 45.7. The number of carbonyl (C=O) groups is 1. The molecule has 4 heterocycles. The van der Waals surface area contributed by atoms with Crippen LogP contribution in [0.3, 0.4) is 0 Å². The van der Waals surface area contributed by atoms with Crippen LogP contribution in [0.25, 0.3) is 0 Å².